The van der Waals surface area contributed by atoms with Gasteiger partial charge in [0.15, 0.2) is 0 Å². The first-order chi connectivity index (χ1) is 20.7. The Labute approximate surface area is 265 Å². The Bertz CT molecular complexity index is 1520. The van der Waals surface area contributed by atoms with Gasteiger partial charge in [0.2, 0.25) is 11.8 Å². The number of hydrogen-bond donors (Lipinski definition) is 2. The van der Waals surface area contributed by atoms with Gasteiger partial charge in [-0.3, -0.25) is 14.4 Å². The number of hydrogen-bond acceptors (Lipinski definition) is 5. The van der Waals surface area contributed by atoms with E-state index < -0.39 is 5.41 Å². The second-order valence-electron chi connectivity index (χ2n) is 10.7. The number of amides is 3. The van der Waals surface area contributed by atoms with Crippen LogP contribution in [-0.2, 0) is 24.5 Å². The Hall–Kier alpha value is -3.46. The molecule has 0 spiro atoms. The molecule has 2 atom stereocenters. The number of primary amides is 1. The number of allylic oxidation sites excluding steroid dienone is 1. The normalized spacial score (nSPS) is 19.7. The number of carbonyl (C=O) groups is 3. The summed E-state index contributed by atoms with van der Waals surface area (Å²) in [7, 11) is 0. The molecule has 10 heteroatoms. The van der Waals surface area contributed by atoms with Crippen LogP contribution in [0.15, 0.2) is 89.5 Å². The lowest BCUT2D eigenvalue weighted by atomic mass is 9.72. The van der Waals surface area contributed by atoms with Crippen LogP contribution in [0.2, 0.25) is 10.0 Å². The third-order valence-electron chi connectivity index (χ3n) is 8.12. The molecule has 7 nitrogen and oxygen atoms in total. The lowest BCUT2D eigenvalue weighted by Crippen LogP contribution is -2.51. The summed E-state index contributed by atoms with van der Waals surface area (Å²) < 4.78 is 6.36. The van der Waals surface area contributed by atoms with Crippen molar-refractivity contribution in [3.05, 3.63) is 116 Å². The first kappa shape index (κ1) is 31.0. The van der Waals surface area contributed by atoms with Gasteiger partial charge in [-0.25, -0.2) is 0 Å². The molecule has 1 fully saturated rings. The predicted octanol–water partition coefficient (Wildman–Crippen LogP) is 5.98. The molecular weight excluding hydrogens is 605 g/mol. The van der Waals surface area contributed by atoms with Gasteiger partial charge < -0.3 is 20.7 Å². The highest BCUT2D eigenvalue weighted by Gasteiger charge is 2.46. The van der Waals surface area contributed by atoms with E-state index in [2.05, 4.69) is 5.32 Å². The van der Waals surface area contributed by atoms with Crippen molar-refractivity contribution >= 4 is 52.7 Å². The molecule has 3 N–H and O–H groups in total. The van der Waals surface area contributed by atoms with Crippen molar-refractivity contribution < 1.29 is 19.1 Å². The number of halogens is 2. The molecule has 0 bridgehead atoms. The lowest BCUT2D eigenvalue weighted by Gasteiger charge is -2.40. The molecule has 2 aliphatic rings. The summed E-state index contributed by atoms with van der Waals surface area (Å²) in [6, 6.07) is 24.6. The summed E-state index contributed by atoms with van der Waals surface area (Å²) in [6.45, 7) is 2.65. The molecule has 2 heterocycles. The monoisotopic (exact) mass is 637 g/mol. The molecule has 224 valence electrons. The van der Waals surface area contributed by atoms with Gasteiger partial charge in [0.1, 0.15) is 17.3 Å². The third-order valence-corrected chi connectivity index (χ3v) is 10.1. The van der Waals surface area contributed by atoms with Crippen molar-refractivity contribution in [2.24, 2.45) is 5.73 Å². The highest BCUT2D eigenvalue weighted by Crippen LogP contribution is 2.58. The first-order valence-corrected chi connectivity index (χ1v) is 15.8. The zero-order chi connectivity index (χ0) is 30.6. The minimum absolute atomic E-state index is 0.164. The lowest BCUT2D eigenvalue weighted by molar-refractivity contribution is -0.132. The first-order valence-electron chi connectivity index (χ1n) is 14.1. The van der Waals surface area contributed by atoms with E-state index in [1.165, 1.54) is 18.7 Å². The van der Waals surface area contributed by atoms with Gasteiger partial charge in [0.25, 0.3) is 5.91 Å². The molecule has 1 saturated heterocycles. The van der Waals surface area contributed by atoms with Crippen LogP contribution in [0.1, 0.15) is 47.6 Å². The summed E-state index contributed by atoms with van der Waals surface area (Å²) in [5.41, 5.74) is 7.80. The zero-order valence-corrected chi connectivity index (χ0v) is 26.1. The predicted molar refractivity (Wildman–Crippen MR) is 171 cm³/mol. The number of thioether (sulfide) groups is 1. The van der Waals surface area contributed by atoms with Gasteiger partial charge in [-0.05, 0) is 47.7 Å². The Morgan fingerprint density at radius 3 is 2.26 bits per heavy atom. The van der Waals surface area contributed by atoms with Crippen molar-refractivity contribution in [3.8, 4) is 0 Å². The van der Waals surface area contributed by atoms with Gasteiger partial charge in [-0.1, -0.05) is 83.9 Å². The average Bonchev–Trinajstić information content (AvgIpc) is 3.38. The number of benzene rings is 3. The standard InChI is InChI=1S/C33H33Cl2N3O4S/c1-21(39)37-17-20-42-28-27(22-11-13-24(34)14-12-22)29(25-9-5-6-10-26(25)35)43-30(28)31(40)38-18-15-33(16-19-38,32(36)41)23-7-3-2-4-8-23/h2-14,27,29H,15-20H2,1H3,(H2,36,41)(H,37,39). The van der Waals surface area contributed by atoms with E-state index in [0.29, 0.717) is 46.6 Å². The molecule has 2 unspecified atom stereocenters. The van der Waals surface area contributed by atoms with Crippen molar-refractivity contribution in [2.45, 2.75) is 36.3 Å². The number of nitrogens with two attached hydrogens (primary N) is 1. The van der Waals surface area contributed by atoms with Gasteiger partial charge >= 0.3 is 0 Å². The summed E-state index contributed by atoms with van der Waals surface area (Å²) in [5, 5.41) is 3.70. The maximum absolute atomic E-state index is 14.3. The number of likely N-dealkylation sites (tertiary alicyclic amines) is 1. The molecule has 3 amide bonds. The van der Waals surface area contributed by atoms with Crippen LogP contribution in [0.25, 0.3) is 0 Å². The van der Waals surface area contributed by atoms with E-state index in [0.717, 1.165) is 16.7 Å². The highest BCUT2D eigenvalue weighted by atomic mass is 35.5. The number of rotatable bonds is 9. The molecule has 3 aromatic carbocycles. The molecule has 3 aromatic rings. The molecular formula is C33H33Cl2N3O4S. The third kappa shape index (κ3) is 6.56. The van der Waals surface area contributed by atoms with Gasteiger partial charge in [0, 0.05) is 30.1 Å². The van der Waals surface area contributed by atoms with Crippen LogP contribution in [0.5, 0.6) is 0 Å². The quantitative estimate of drug-likeness (QED) is 0.281. The molecule has 43 heavy (non-hydrogen) atoms. The van der Waals surface area contributed by atoms with Crippen molar-refractivity contribution in [3.63, 3.8) is 0 Å². The van der Waals surface area contributed by atoms with E-state index in [1.54, 1.807) is 4.90 Å². The van der Waals surface area contributed by atoms with Gasteiger partial charge in [-0.2, -0.15) is 0 Å². The van der Waals surface area contributed by atoms with Crippen LogP contribution >= 0.6 is 35.0 Å². The van der Waals surface area contributed by atoms with Gasteiger partial charge in [-0.15, -0.1) is 11.8 Å². The maximum Gasteiger partial charge on any atom is 0.263 e. The second kappa shape index (κ2) is 13.5. The Balaban J connectivity index is 1.50. The average molecular weight is 639 g/mol. The maximum atomic E-state index is 14.3. The molecule has 0 radical (unpaired) electrons. The summed E-state index contributed by atoms with van der Waals surface area (Å²) >= 11 is 14.4. The fourth-order valence-corrected chi connectivity index (χ4v) is 7.82. The minimum atomic E-state index is -0.834. The SMILES string of the molecule is CC(=O)NCCOC1=C(C(=O)N2CCC(C(N)=O)(c3ccccc3)CC2)SC(c2ccccc2Cl)C1c1ccc(Cl)cc1. The molecule has 5 rings (SSSR count). The molecule has 0 saturated carbocycles. The smallest absolute Gasteiger partial charge is 0.263 e. The van der Waals surface area contributed by atoms with Crippen LogP contribution < -0.4 is 11.1 Å². The van der Waals surface area contributed by atoms with Crippen LogP contribution in [0.3, 0.4) is 0 Å². The van der Waals surface area contributed by atoms with Crippen LogP contribution in [0, 0.1) is 0 Å². The second-order valence-corrected chi connectivity index (χ2v) is 12.7. The van der Waals surface area contributed by atoms with Crippen LogP contribution in [-0.4, -0.2) is 48.9 Å². The van der Waals surface area contributed by atoms with E-state index in [4.69, 9.17) is 33.7 Å². The number of nitrogens with zero attached hydrogens (tertiary/aromatic N) is 1. The highest BCUT2D eigenvalue weighted by molar-refractivity contribution is 8.04. The van der Waals surface area contributed by atoms with Crippen molar-refractivity contribution in [1.82, 2.24) is 10.2 Å². The Morgan fingerprint density at radius 2 is 1.63 bits per heavy atom. The number of piperidine rings is 1. The molecule has 0 aliphatic carbocycles. The van der Waals surface area contributed by atoms with Crippen molar-refractivity contribution in [2.75, 3.05) is 26.2 Å². The summed E-state index contributed by atoms with van der Waals surface area (Å²) in [4.78, 5) is 40.8. The number of ether oxygens (including phenoxy) is 1. The van der Waals surface area contributed by atoms with Crippen molar-refractivity contribution in [1.29, 1.82) is 0 Å². The van der Waals surface area contributed by atoms with Gasteiger partial charge in [0.05, 0.1) is 23.1 Å². The zero-order valence-electron chi connectivity index (χ0n) is 23.7. The molecule has 0 aromatic heterocycles. The van der Waals surface area contributed by atoms with E-state index >= 15 is 0 Å². The number of carbonyl (C=O) groups excluding carboxylic acids is 3. The largest absolute Gasteiger partial charge is 0.494 e. The summed E-state index contributed by atoms with van der Waals surface area (Å²) in [5.74, 6) is -0.523. The Morgan fingerprint density at radius 1 is 0.977 bits per heavy atom. The molecule has 2 aliphatic heterocycles. The van der Waals surface area contributed by atoms with E-state index in [1.807, 2.05) is 78.9 Å². The van der Waals surface area contributed by atoms with E-state index in [-0.39, 0.29) is 42.0 Å². The van der Waals surface area contributed by atoms with E-state index in [9.17, 15) is 14.4 Å². The van der Waals surface area contributed by atoms with Crippen LogP contribution in [0.4, 0.5) is 0 Å². The topological polar surface area (TPSA) is 102 Å². The Kier molecular flexibility index (Phi) is 9.69. The fraction of sp³-hybridized carbons (Fsp3) is 0.303. The minimum Gasteiger partial charge on any atom is -0.494 e. The number of nitrogens with one attached hydrogen (secondary N) is 1. The summed E-state index contributed by atoms with van der Waals surface area (Å²) in [6.07, 6.45) is 0.840. The fourth-order valence-electron chi connectivity index (χ4n) is 5.85.